The molecule has 1 aliphatic rings. The van der Waals surface area contributed by atoms with E-state index in [4.69, 9.17) is 4.74 Å². The van der Waals surface area contributed by atoms with Crippen LogP contribution in [0.15, 0.2) is 54.7 Å². The number of fused-ring (bicyclic) bond motifs is 2. The number of nitrogens with one attached hydrogen (secondary N) is 2. The lowest BCUT2D eigenvalue weighted by Crippen LogP contribution is -2.47. The lowest BCUT2D eigenvalue weighted by Gasteiger charge is -2.30. The summed E-state index contributed by atoms with van der Waals surface area (Å²) in [4.78, 5) is 30.9. The van der Waals surface area contributed by atoms with E-state index >= 15 is 0 Å². The van der Waals surface area contributed by atoms with Crippen molar-refractivity contribution in [3.63, 3.8) is 0 Å². The summed E-state index contributed by atoms with van der Waals surface area (Å²) in [6, 6.07) is 14.6. The number of hydrogen-bond acceptors (Lipinski definition) is 3. The normalized spacial score (nSPS) is 17.0. The zero-order chi connectivity index (χ0) is 19.7. The van der Waals surface area contributed by atoms with Crippen LogP contribution in [-0.2, 0) is 9.53 Å². The van der Waals surface area contributed by atoms with Crippen molar-refractivity contribution < 1.29 is 14.3 Å². The van der Waals surface area contributed by atoms with Gasteiger partial charge in [0.2, 0.25) is 5.91 Å². The minimum atomic E-state index is -0.615. The quantitative estimate of drug-likeness (QED) is 0.649. The molecule has 2 heterocycles. The van der Waals surface area contributed by atoms with Crippen molar-refractivity contribution in [1.82, 2.24) is 15.2 Å². The first kappa shape index (κ1) is 18.3. The number of aromatic amines is 1. The third-order valence-electron chi connectivity index (χ3n) is 5.32. The molecule has 2 N–H and O–H groups in total. The number of aromatic nitrogens is 1. The van der Waals surface area contributed by atoms with Crippen LogP contribution in [0.4, 0.5) is 0 Å². The molecule has 0 spiro atoms. The van der Waals surface area contributed by atoms with E-state index < -0.39 is 6.04 Å². The van der Waals surface area contributed by atoms with Crippen LogP contribution < -0.4 is 5.32 Å². The Morgan fingerprint density at radius 1 is 1.18 bits per heavy atom. The van der Waals surface area contributed by atoms with E-state index in [1.807, 2.05) is 54.7 Å². The number of nitrogens with zero attached hydrogens (tertiary/aromatic N) is 1. The molecule has 0 aliphatic carbocycles. The third-order valence-corrected chi connectivity index (χ3v) is 5.32. The SMILES string of the molecule is COCCNC(=O)[C@@H](C)N1C(=O)c2ccccc2[C@@H]1c1c[nH]c2ccccc12. The summed E-state index contributed by atoms with van der Waals surface area (Å²) in [5.41, 5.74) is 3.57. The Labute approximate surface area is 163 Å². The zero-order valence-electron chi connectivity index (χ0n) is 15.9. The van der Waals surface area contributed by atoms with Crippen LogP contribution in [0.3, 0.4) is 0 Å². The highest BCUT2D eigenvalue weighted by Gasteiger charge is 2.42. The number of methoxy groups -OCH3 is 1. The minimum absolute atomic E-state index is 0.125. The van der Waals surface area contributed by atoms with E-state index in [-0.39, 0.29) is 17.9 Å². The first-order chi connectivity index (χ1) is 13.6. The number of carbonyl (C=O) groups is 2. The molecular weight excluding hydrogens is 354 g/mol. The van der Waals surface area contributed by atoms with Crippen molar-refractivity contribution in [2.45, 2.75) is 19.0 Å². The molecule has 6 heteroatoms. The number of rotatable bonds is 6. The maximum atomic E-state index is 13.2. The van der Waals surface area contributed by atoms with Gasteiger partial charge in [0.1, 0.15) is 6.04 Å². The van der Waals surface area contributed by atoms with Gasteiger partial charge in [-0.1, -0.05) is 36.4 Å². The van der Waals surface area contributed by atoms with Gasteiger partial charge in [-0.15, -0.1) is 0 Å². The van der Waals surface area contributed by atoms with Gasteiger partial charge in [0.05, 0.1) is 12.6 Å². The summed E-state index contributed by atoms with van der Waals surface area (Å²) in [6.45, 7) is 2.61. The van der Waals surface area contributed by atoms with Crippen molar-refractivity contribution in [1.29, 1.82) is 0 Å². The smallest absolute Gasteiger partial charge is 0.255 e. The summed E-state index contributed by atoms with van der Waals surface area (Å²) in [6.07, 6.45) is 1.94. The molecule has 0 saturated carbocycles. The molecule has 0 saturated heterocycles. The molecular formula is C22H23N3O3. The maximum Gasteiger partial charge on any atom is 0.255 e. The highest BCUT2D eigenvalue weighted by molar-refractivity contribution is 6.03. The summed E-state index contributed by atoms with van der Waals surface area (Å²) >= 11 is 0. The maximum absolute atomic E-state index is 13.2. The van der Waals surface area contributed by atoms with Gasteiger partial charge in [0.15, 0.2) is 0 Å². The van der Waals surface area contributed by atoms with Crippen molar-refractivity contribution in [3.8, 4) is 0 Å². The second-order valence-electron chi connectivity index (χ2n) is 6.95. The summed E-state index contributed by atoms with van der Waals surface area (Å²) in [5.74, 6) is -0.316. The fourth-order valence-corrected chi connectivity index (χ4v) is 3.92. The molecule has 1 aliphatic heterocycles. The van der Waals surface area contributed by atoms with Gasteiger partial charge in [0.25, 0.3) is 5.91 Å². The van der Waals surface area contributed by atoms with Gasteiger partial charge in [-0.25, -0.2) is 0 Å². The lowest BCUT2D eigenvalue weighted by atomic mass is 9.97. The van der Waals surface area contributed by atoms with Crippen LogP contribution in [0.25, 0.3) is 10.9 Å². The van der Waals surface area contributed by atoms with Gasteiger partial charge in [-0.05, 0) is 24.6 Å². The van der Waals surface area contributed by atoms with Crippen LogP contribution in [0.1, 0.15) is 34.5 Å². The van der Waals surface area contributed by atoms with Crippen molar-refractivity contribution in [2.75, 3.05) is 20.3 Å². The molecule has 2 aromatic carbocycles. The van der Waals surface area contributed by atoms with Crippen molar-refractivity contribution in [2.24, 2.45) is 0 Å². The third kappa shape index (κ3) is 2.96. The van der Waals surface area contributed by atoms with Gasteiger partial charge < -0.3 is 19.9 Å². The van der Waals surface area contributed by atoms with Crippen LogP contribution in [0.5, 0.6) is 0 Å². The van der Waals surface area contributed by atoms with E-state index in [1.54, 1.807) is 18.9 Å². The number of ether oxygens (including phenoxy) is 1. The monoisotopic (exact) mass is 377 g/mol. The predicted molar refractivity (Wildman–Crippen MR) is 107 cm³/mol. The standard InChI is InChI=1S/C22H23N3O3/c1-14(21(26)23-11-12-28-2)25-20(16-8-3-4-9-17(16)22(25)27)18-13-24-19-10-6-5-7-15(18)19/h3-10,13-14,20,24H,11-12H2,1-2H3,(H,23,26)/t14-,20-/m1/s1. The molecule has 1 aromatic heterocycles. The Bertz CT molecular complexity index is 1030. The summed E-state index contributed by atoms with van der Waals surface area (Å²) in [5, 5.41) is 3.89. The van der Waals surface area contributed by atoms with Crippen LogP contribution >= 0.6 is 0 Å². The Morgan fingerprint density at radius 2 is 1.93 bits per heavy atom. The molecule has 0 fully saturated rings. The van der Waals surface area contributed by atoms with E-state index in [9.17, 15) is 9.59 Å². The molecule has 28 heavy (non-hydrogen) atoms. The number of benzene rings is 2. The molecule has 2 amide bonds. The number of amides is 2. The van der Waals surface area contributed by atoms with Gasteiger partial charge >= 0.3 is 0 Å². The Morgan fingerprint density at radius 3 is 2.75 bits per heavy atom. The largest absolute Gasteiger partial charge is 0.383 e. The van der Waals surface area contributed by atoms with Crippen LogP contribution in [0.2, 0.25) is 0 Å². The average molecular weight is 377 g/mol. The fraction of sp³-hybridized carbons (Fsp3) is 0.273. The van der Waals surface area contributed by atoms with E-state index in [0.717, 1.165) is 22.0 Å². The number of hydrogen-bond donors (Lipinski definition) is 2. The zero-order valence-corrected chi connectivity index (χ0v) is 15.9. The second kappa shape index (κ2) is 7.48. The number of para-hydroxylation sites is 1. The molecule has 4 rings (SSSR count). The highest BCUT2D eigenvalue weighted by atomic mass is 16.5. The van der Waals surface area contributed by atoms with Crippen LogP contribution in [0, 0.1) is 0 Å². The molecule has 144 valence electrons. The first-order valence-electron chi connectivity index (χ1n) is 9.37. The first-order valence-corrected chi connectivity index (χ1v) is 9.37. The van der Waals surface area contributed by atoms with Crippen molar-refractivity contribution in [3.05, 3.63) is 71.4 Å². The van der Waals surface area contributed by atoms with E-state index in [0.29, 0.717) is 18.7 Å². The Kier molecular flexibility index (Phi) is 4.88. The second-order valence-corrected chi connectivity index (χ2v) is 6.95. The van der Waals surface area contributed by atoms with Crippen LogP contribution in [-0.4, -0.2) is 48.0 Å². The average Bonchev–Trinajstić information content (AvgIpc) is 3.26. The molecule has 6 nitrogen and oxygen atoms in total. The van der Waals surface area contributed by atoms with E-state index in [2.05, 4.69) is 10.3 Å². The lowest BCUT2D eigenvalue weighted by molar-refractivity contribution is -0.125. The minimum Gasteiger partial charge on any atom is -0.383 e. The molecule has 0 unspecified atom stereocenters. The predicted octanol–water partition coefficient (Wildman–Crippen LogP) is 2.86. The number of H-pyrrole nitrogens is 1. The van der Waals surface area contributed by atoms with Crippen molar-refractivity contribution >= 4 is 22.7 Å². The van der Waals surface area contributed by atoms with Gasteiger partial charge in [-0.2, -0.15) is 0 Å². The number of carbonyl (C=O) groups excluding carboxylic acids is 2. The van der Waals surface area contributed by atoms with E-state index in [1.165, 1.54) is 0 Å². The highest BCUT2D eigenvalue weighted by Crippen LogP contribution is 2.42. The Balaban J connectivity index is 1.76. The summed E-state index contributed by atoms with van der Waals surface area (Å²) in [7, 11) is 1.59. The van der Waals surface area contributed by atoms with Gasteiger partial charge in [0, 0.05) is 41.9 Å². The van der Waals surface area contributed by atoms with Gasteiger partial charge in [-0.3, -0.25) is 9.59 Å². The Hall–Kier alpha value is -3.12. The fourth-order valence-electron chi connectivity index (χ4n) is 3.92. The molecule has 2 atom stereocenters. The molecule has 0 bridgehead atoms. The molecule has 0 radical (unpaired) electrons. The summed E-state index contributed by atoms with van der Waals surface area (Å²) < 4.78 is 5.00. The topological polar surface area (TPSA) is 74.4 Å². The molecule has 3 aromatic rings.